The largest absolute Gasteiger partial charge is 0.507 e. The molecule has 0 aromatic heterocycles. The zero-order chi connectivity index (χ0) is 18.9. The van der Waals surface area contributed by atoms with E-state index in [-0.39, 0.29) is 28.2 Å². The average molecular weight is 360 g/mol. The van der Waals surface area contributed by atoms with E-state index in [1.807, 2.05) is 6.07 Å². The number of hydrogen-bond acceptors (Lipinski definition) is 4. The van der Waals surface area contributed by atoms with Gasteiger partial charge >= 0.3 is 0 Å². The molecule has 0 bridgehead atoms. The lowest BCUT2D eigenvalue weighted by Crippen LogP contribution is -2.59. The van der Waals surface area contributed by atoms with Crippen molar-refractivity contribution in [2.45, 2.75) is 84.0 Å². The van der Waals surface area contributed by atoms with Crippen LogP contribution in [-0.2, 0) is 6.42 Å². The van der Waals surface area contributed by atoms with Crippen LogP contribution in [0.1, 0.15) is 88.7 Å². The first kappa shape index (κ1) is 18.1. The van der Waals surface area contributed by atoms with Crippen LogP contribution >= 0.6 is 0 Å². The summed E-state index contributed by atoms with van der Waals surface area (Å²) >= 11 is 0. The molecular weight excluding hydrogens is 328 g/mol. The Hall–Kier alpha value is -1.26. The number of phenolic OH excluding ortho intramolecular Hbond substituents is 1. The predicted octanol–water partition coefficient (Wildman–Crippen LogP) is 4.41. The third-order valence-corrected chi connectivity index (χ3v) is 7.60. The van der Waals surface area contributed by atoms with Crippen LogP contribution in [0.25, 0.3) is 0 Å². The van der Waals surface area contributed by atoms with Crippen LogP contribution < -0.4 is 4.74 Å². The van der Waals surface area contributed by atoms with Gasteiger partial charge in [-0.1, -0.05) is 33.6 Å². The molecule has 3 aliphatic rings. The van der Waals surface area contributed by atoms with Crippen molar-refractivity contribution in [3.05, 3.63) is 22.8 Å². The molecule has 4 nitrogen and oxygen atoms in total. The van der Waals surface area contributed by atoms with Crippen molar-refractivity contribution in [3.63, 3.8) is 0 Å². The SMILES string of the molecule is CCCCCc1cc2c(c(O)c1C(O)O)[C@@H]1[C@H]3C(CC[C@@]3(C)O2)C1(C)C. The second-order valence-corrected chi connectivity index (χ2v) is 9.43. The zero-order valence-electron chi connectivity index (χ0n) is 16.4. The number of fused-ring (bicyclic) bond motifs is 2. The molecule has 0 spiro atoms. The van der Waals surface area contributed by atoms with Gasteiger partial charge < -0.3 is 20.1 Å². The quantitative estimate of drug-likeness (QED) is 0.537. The average Bonchev–Trinajstić information content (AvgIpc) is 2.88. The number of benzene rings is 1. The fourth-order valence-electron chi connectivity index (χ4n) is 6.30. The Bertz CT molecular complexity index is 723. The molecule has 144 valence electrons. The van der Waals surface area contributed by atoms with E-state index in [9.17, 15) is 15.3 Å². The Labute approximate surface area is 156 Å². The maximum Gasteiger partial charge on any atom is 0.182 e. The van der Waals surface area contributed by atoms with Crippen LogP contribution in [0.2, 0.25) is 0 Å². The normalized spacial score (nSPS) is 33.4. The van der Waals surface area contributed by atoms with Gasteiger partial charge in [0.25, 0.3) is 0 Å². The number of phenols is 1. The molecule has 1 aromatic carbocycles. The molecule has 1 unspecified atom stereocenters. The maximum absolute atomic E-state index is 11.1. The van der Waals surface area contributed by atoms with E-state index in [1.54, 1.807) is 0 Å². The van der Waals surface area contributed by atoms with Crippen molar-refractivity contribution < 1.29 is 20.1 Å². The fraction of sp³-hybridized carbons (Fsp3) is 0.727. The Morgan fingerprint density at radius 1 is 1.23 bits per heavy atom. The summed E-state index contributed by atoms with van der Waals surface area (Å²) in [5, 5.41) is 31.0. The molecule has 2 saturated carbocycles. The van der Waals surface area contributed by atoms with Gasteiger partial charge in [-0.15, -0.1) is 0 Å². The van der Waals surface area contributed by atoms with Crippen LogP contribution in [0.5, 0.6) is 11.5 Å². The van der Waals surface area contributed by atoms with Crippen LogP contribution in [0.4, 0.5) is 0 Å². The van der Waals surface area contributed by atoms with E-state index < -0.39 is 6.29 Å². The molecule has 3 N–H and O–H groups in total. The first-order chi connectivity index (χ1) is 12.2. The molecule has 4 atom stereocenters. The first-order valence-corrected chi connectivity index (χ1v) is 10.2. The van der Waals surface area contributed by atoms with Crippen molar-refractivity contribution in [3.8, 4) is 11.5 Å². The lowest BCUT2D eigenvalue weighted by Gasteiger charge is -2.62. The highest BCUT2D eigenvalue weighted by molar-refractivity contribution is 5.59. The third-order valence-electron chi connectivity index (χ3n) is 7.60. The molecule has 0 amide bonds. The van der Waals surface area contributed by atoms with Gasteiger partial charge in [-0.25, -0.2) is 0 Å². The molecule has 4 rings (SSSR count). The molecule has 1 heterocycles. The second-order valence-electron chi connectivity index (χ2n) is 9.43. The number of unbranched alkanes of at least 4 members (excludes halogenated alkanes) is 2. The smallest absolute Gasteiger partial charge is 0.182 e. The van der Waals surface area contributed by atoms with E-state index in [1.165, 1.54) is 0 Å². The van der Waals surface area contributed by atoms with Gasteiger partial charge in [-0.05, 0) is 55.6 Å². The number of aryl methyl sites for hydroxylation is 1. The van der Waals surface area contributed by atoms with E-state index >= 15 is 0 Å². The summed E-state index contributed by atoms with van der Waals surface area (Å²) in [5.74, 6) is 2.04. The minimum absolute atomic E-state index is 0.0504. The topological polar surface area (TPSA) is 69.9 Å². The van der Waals surface area contributed by atoms with E-state index in [4.69, 9.17) is 4.74 Å². The van der Waals surface area contributed by atoms with E-state index in [0.29, 0.717) is 11.8 Å². The predicted molar refractivity (Wildman–Crippen MR) is 100 cm³/mol. The lowest BCUT2D eigenvalue weighted by molar-refractivity contribution is -0.121. The number of aromatic hydroxyl groups is 1. The number of aliphatic hydroxyl groups excluding tert-OH is 1. The van der Waals surface area contributed by atoms with Gasteiger partial charge in [0.05, 0.1) is 5.56 Å². The van der Waals surface area contributed by atoms with Gasteiger partial charge in [0.2, 0.25) is 0 Å². The zero-order valence-corrected chi connectivity index (χ0v) is 16.4. The molecule has 4 heteroatoms. The first-order valence-electron chi connectivity index (χ1n) is 10.2. The summed E-state index contributed by atoms with van der Waals surface area (Å²) in [6.07, 6.45) is 4.43. The van der Waals surface area contributed by atoms with Gasteiger partial charge in [0, 0.05) is 17.4 Å². The second kappa shape index (κ2) is 5.87. The van der Waals surface area contributed by atoms with Gasteiger partial charge in [0.1, 0.15) is 17.1 Å². The van der Waals surface area contributed by atoms with Gasteiger partial charge in [0.15, 0.2) is 6.29 Å². The van der Waals surface area contributed by atoms with Crippen molar-refractivity contribution in [2.24, 2.45) is 17.3 Å². The van der Waals surface area contributed by atoms with E-state index in [2.05, 4.69) is 27.7 Å². The highest BCUT2D eigenvalue weighted by atomic mass is 16.5. The highest BCUT2D eigenvalue weighted by Gasteiger charge is 2.69. The lowest BCUT2D eigenvalue weighted by atomic mass is 9.45. The molecule has 26 heavy (non-hydrogen) atoms. The standard InChI is InChI=1S/C22H32O4/c1-5-6-7-8-12-11-14-16(19(23)15(12)20(24)25)18-17-13(21(18,2)3)9-10-22(17,4)26-14/h11,13,17-18,20,23-25H,5-10H2,1-4H3/t13?,17-,18-,22-/m1/s1. The number of rotatable bonds is 5. The molecular formula is C22H32O4. The molecule has 0 radical (unpaired) electrons. The van der Waals surface area contributed by atoms with Crippen LogP contribution in [-0.4, -0.2) is 20.9 Å². The number of aliphatic hydroxyl groups is 2. The molecule has 0 saturated heterocycles. The minimum atomic E-state index is -1.66. The Morgan fingerprint density at radius 2 is 1.96 bits per heavy atom. The third kappa shape index (κ3) is 2.27. The van der Waals surface area contributed by atoms with Crippen molar-refractivity contribution in [1.29, 1.82) is 0 Å². The Morgan fingerprint density at radius 3 is 2.62 bits per heavy atom. The van der Waals surface area contributed by atoms with Gasteiger partial charge in [-0.2, -0.15) is 0 Å². The summed E-state index contributed by atoms with van der Waals surface area (Å²) in [6, 6.07) is 1.97. The monoisotopic (exact) mass is 360 g/mol. The summed E-state index contributed by atoms with van der Waals surface area (Å²) in [4.78, 5) is 0. The number of hydrogen-bond donors (Lipinski definition) is 3. The Kier molecular flexibility index (Phi) is 4.09. The maximum atomic E-state index is 11.1. The number of ether oxygens (including phenoxy) is 1. The fourth-order valence-corrected chi connectivity index (χ4v) is 6.30. The summed E-state index contributed by atoms with van der Waals surface area (Å²) in [6.45, 7) is 8.92. The summed E-state index contributed by atoms with van der Waals surface area (Å²) < 4.78 is 6.48. The van der Waals surface area contributed by atoms with Crippen molar-refractivity contribution in [2.75, 3.05) is 0 Å². The molecule has 1 aliphatic heterocycles. The highest BCUT2D eigenvalue weighted by Crippen LogP contribution is 2.74. The molecule has 2 fully saturated rings. The Balaban J connectivity index is 1.83. The van der Waals surface area contributed by atoms with Crippen molar-refractivity contribution >= 4 is 0 Å². The summed E-state index contributed by atoms with van der Waals surface area (Å²) in [7, 11) is 0. The van der Waals surface area contributed by atoms with E-state index in [0.717, 1.165) is 55.4 Å². The summed E-state index contributed by atoms with van der Waals surface area (Å²) in [5.41, 5.74) is 1.82. The van der Waals surface area contributed by atoms with Crippen LogP contribution in [0, 0.1) is 17.3 Å². The molecule has 1 aromatic rings. The van der Waals surface area contributed by atoms with Crippen LogP contribution in [0.15, 0.2) is 6.07 Å². The van der Waals surface area contributed by atoms with Crippen molar-refractivity contribution in [1.82, 2.24) is 0 Å². The van der Waals surface area contributed by atoms with Crippen LogP contribution in [0.3, 0.4) is 0 Å². The molecule has 2 aliphatic carbocycles. The minimum Gasteiger partial charge on any atom is -0.507 e. The van der Waals surface area contributed by atoms with Gasteiger partial charge in [-0.3, -0.25) is 0 Å².